The summed E-state index contributed by atoms with van der Waals surface area (Å²) >= 11 is 0. The number of hydrogen-bond donors (Lipinski definition) is 2. The number of nitrogens with zero attached hydrogens (tertiary/aromatic N) is 3. The fourth-order valence-corrected chi connectivity index (χ4v) is 1.78. The molecule has 0 aliphatic rings. The van der Waals surface area contributed by atoms with E-state index < -0.39 is 0 Å². The maximum Gasteiger partial charge on any atom is 0.322 e. The van der Waals surface area contributed by atoms with Crippen molar-refractivity contribution in [3.63, 3.8) is 0 Å². The first-order valence-electron chi connectivity index (χ1n) is 6.64. The van der Waals surface area contributed by atoms with Gasteiger partial charge >= 0.3 is 6.01 Å². The van der Waals surface area contributed by atoms with E-state index in [0.717, 1.165) is 17.8 Å². The van der Waals surface area contributed by atoms with Crippen LogP contribution in [0.4, 0.5) is 17.6 Å². The molecule has 1 aromatic carbocycles. The molecule has 0 aliphatic carbocycles. The molecule has 2 rings (SSSR count). The van der Waals surface area contributed by atoms with Crippen LogP contribution in [0.2, 0.25) is 0 Å². The second kappa shape index (κ2) is 7.39. The Labute approximate surface area is 123 Å². The zero-order valence-corrected chi connectivity index (χ0v) is 12.4. The van der Waals surface area contributed by atoms with Crippen LogP contribution in [0.15, 0.2) is 24.3 Å². The molecule has 0 atom stereocenters. The highest BCUT2D eigenvalue weighted by Crippen LogP contribution is 2.18. The van der Waals surface area contributed by atoms with Crippen LogP contribution in [-0.2, 0) is 11.3 Å². The predicted molar refractivity (Wildman–Crippen MR) is 81.0 cm³/mol. The molecular formula is C14H19N5O2. The van der Waals surface area contributed by atoms with E-state index in [1.165, 1.54) is 7.11 Å². The van der Waals surface area contributed by atoms with Gasteiger partial charge in [0.15, 0.2) is 0 Å². The van der Waals surface area contributed by atoms with Gasteiger partial charge in [-0.3, -0.25) is 0 Å². The lowest BCUT2D eigenvalue weighted by Crippen LogP contribution is -2.08. The molecule has 0 radical (unpaired) electrons. The van der Waals surface area contributed by atoms with Gasteiger partial charge in [-0.05, 0) is 24.6 Å². The van der Waals surface area contributed by atoms with E-state index in [-0.39, 0.29) is 6.01 Å². The lowest BCUT2D eigenvalue weighted by Gasteiger charge is -2.09. The number of rotatable bonds is 7. The van der Waals surface area contributed by atoms with Gasteiger partial charge in [-0.25, -0.2) is 0 Å². The van der Waals surface area contributed by atoms with Crippen LogP contribution in [-0.4, -0.2) is 35.7 Å². The Morgan fingerprint density at radius 2 is 1.90 bits per heavy atom. The van der Waals surface area contributed by atoms with E-state index >= 15 is 0 Å². The normalized spacial score (nSPS) is 10.2. The third-order valence-electron chi connectivity index (χ3n) is 2.63. The van der Waals surface area contributed by atoms with Crippen LogP contribution in [0.5, 0.6) is 6.01 Å². The quantitative estimate of drug-likeness (QED) is 0.808. The fraction of sp³-hybridized carbons (Fsp3) is 0.357. The standard InChI is InChI=1S/C14H19N5O2/c1-4-15-12-17-13(19-14(18-12)21-3)16-11-7-5-6-10(8-11)9-20-2/h5-8H,4,9H2,1-3H3,(H2,15,16,17,18,19). The molecule has 2 aromatic rings. The molecule has 1 aromatic heterocycles. The Morgan fingerprint density at radius 3 is 2.62 bits per heavy atom. The van der Waals surface area contributed by atoms with Gasteiger partial charge in [-0.15, -0.1) is 0 Å². The van der Waals surface area contributed by atoms with Crippen molar-refractivity contribution in [2.75, 3.05) is 31.4 Å². The maximum atomic E-state index is 5.12. The third-order valence-corrected chi connectivity index (χ3v) is 2.63. The average Bonchev–Trinajstić information content (AvgIpc) is 2.48. The van der Waals surface area contributed by atoms with Gasteiger partial charge in [0.25, 0.3) is 0 Å². The molecule has 112 valence electrons. The van der Waals surface area contributed by atoms with Gasteiger partial charge in [-0.2, -0.15) is 15.0 Å². The number of benzene rings is 1. The first-order valence-corrected chi connectivity index (χ1v) is 6.64. The van der Waals surface area contributed by atoms with Crippen LogP contribution < -0.4 is 15.4 Å². The molecule has 7 nitrogen and oxygen atoms in total. The zero-order valence-electron chi connectivity index (χ0n) is 12.4. The van der Waals surface area contributed by atoms with Gasteiger partial charge in [0.1, 0.15) is 0 Å². The van der Waals surface area contributed by atoms with Crippen molar-refractivity contribution in [3.8, 4) is 6.01 Å². The number of ether oxygens (including phenoxy) is 2. The van der Waals surface area contributed by atoms with Crippen LogP contribution in [0.3, 0.4) is 0 Å². The highest BCUT2D eigenvalue weighted by atomic mass is 16.5. The lowest BCUT2D eigenvalue weighted by molar-refractivity contribution is 0.185. The van der Waals surface area contributed by atoms with Crippen molar-refractivity contribution in [2.24, 2.45) is 0 Å². The minimum Gasteiger partial charge on any atom is -0.467 e. The van der Waals surface area contributed by atoms with E-state index in [1.807, 2.05) is 31.2 Å². The van der Waals surface area contributed by atoms with Gasteiger partial charge in [0, 0.05) is 19.3 Å². The molecule has 1 heterocycles. The minimum absolute atomic E-state index is 0.261. The molecule has 0 bridgehead atoms. The summed E-state index contributed by atoms with van der Waals surface area (Å²) < 4.78 is 10.2. The summed E-state index contributed by atoms with van der Waals surface area (Å²) in [7, 11) is 3.19. The van der Waals surface area contributed by atoms with E-state index in [9.17, 15) is 0 Å². The summed E-state index contributed by atoms with van der Waals surface area (Å²) in [6, 6.07) is 8.11. The molecular weight excluding hydrogens is 270 g/mol. The molecule has 0 spiro atoms. The molecule has 7 heteroatoms. The SMILES string of the molecule is CCNc1nc(Nc2cccc(COC)c2)nc(OC)n1. The Balaban J connectivity index is 2.21. The topological polar surface area (TPSA) is 81.2 Å². The molecule has 21 heavy (non-hydrogen) atoms. The van der Waals surface area contributed by atoms with Gasteiger partial charge in [0.05, 0.1) is 13.7 Å². The summed E-state index contributed by atoms with van der Waals surface area (Å²) in [5.41, 5.74) is 1.94. The number of nitrogens with one attached hydrogen (secondary N) is 2. The number of methoxy groups -OCH3 is 2. The van der Waals surface area contributed by atoms with Crippen molar-refractivity contribution in [1.82, 2.24) is 15.0 Å². The summed E-state index contributed by atoms with van der Waals surface area (Å²) in [4.78, 5) is 12.6. The molecule has 0 aliphatic heterocycles. The van der Waals surface area contributed by atoms with Crippen molar-refractivity contribution in [1.29, 1.82) is 0 Å². The van der Waals surface area contributed by atoms with Gasteiger partial charge < -0.3 is 20.1 Å². The van der Waals surface area contributed by atoms with E-state index in [0.29, 0.717) is 18.5 Å². The monoisotopic (exact) mass is 289 g/mol. The zero-order chi connectivity index (χ0) is 15.1. The summed E-state index contributed by atoms with van der Waals surface area (Å²) in [5, 5.41) is 6.18. The molecule has 0 saturated carbocycles. The summed E-state index contributed by atoms with van der Waals surface area (Å²) in [6.45, 7) is 3.24. The van der Waals surface area contributed by atoms with E-state index in [1.54, 1.807) is 7.11 Å². The summed E-state index contributed by atoms with van der Waals surface area (Å²) in [6.07, 6.45) is 0. The maximum absolute atomic E-state index is 5.12. The molecule has 0 saturated heterocycles. The smallest absolute Gasteiger partial charge is 0.322 e. The average molecular weight is 289 g/mol. The predicted octanol–water partition coefficient (Wildman–Crippen LogP) is 2.20. The highest BCUT2D eigenvalue weighted by molar-refractivity contribution is 5.55. The second-order valence-corrected chi connectivity index (χ2v) is 4.26. The van der Waals surface area contributed by atoms with E-state index in [2.05, 4.69) is 25.6 Å². The van der Waals surface area contributed by atoms with Crippen molar-refractivity contribution >= 4 is 17.6 Å². The van der Waals surface area contributed by atoms with Gasteiger partial charge in [-0.1, -0.05) is 12.1 Å². The number of anilines is 3. The molecule has 2 N–H and O–H groups in total. The Morgan fingerprint density at radius 1 is 1.10 bits per heavy atom. The lowest BCUT2D eigenvalue weighted by atomic mass is 10.2. The van der Waals surface area contributed by atoms with Crippen LogP contribution >= 0.6 is 0 Å². The summed E-state index contributed by atoms with van der Waals surface area (Å²) in [5.74, 6) is 0.896. The molecule has 0 amide bonds. The highest BCUT2D eigenvalue weighted by Gasteiger charge is 2.06. The van der Waals surface area contributed by atoms with E-state index in [4.69, 9.17) is 9.47 Å². The van der Waals surface area contributed by atoms with Crippen LogP contribution in [0.25, 0.3) is 0 Å². The second-order valence-electron chi connectivity index (χ2n) is 4.26. The van der Waals surface area contributed by atoms with Crippen molar-refractivity contribution in [3.05, 3.63) is 29.8 Å². The molecule has 0 unspecified atom stereocenters. The largest absolute Gasteiger partial charge is 0.467 e. The third kappa shape index (κ3) is 4.28. The first-order chi connectivity index (χ1) is 10.2. The fourth-order valence-electron chi connectivity index (χ4n) is 1.78. The Kier molecular flexibility index (Phi) is 5.28. The van der Waals surface area contributed by atoms with Gasteiger partial charge in [0.2, 0.25) is 11.9 Å². The van der Waals surface area contributed by atoms with Crippen molar-refractivity contribution < 1.29 is 9.47 Å². The Bertz CT molecular complexity index is 591. The molecule has 0 fully saturated rings. The van der Waals surface area contributed by atoms with Crippen LogP contribution in [0.1, 0.15) is 12.5 Å². The van der Waals surface area contributed by atoms with Crippen LogP contribution in [0, 0.1) is 0 Å². The minimum atomic E-state index is 0.261. The number of hydrogen-bond acceptors (Lipinski definition) is 7. The first kappa shape index (κ1) is 15.0. The number of aromatic nitrogens is 3. The van der Waals surface area contributed by atoms with Crippen molar-refractivity contribution in [2.45, 2.75) is 13.5 Å². The Hall–Kier alpha value is -2.41.